The molecule has 1 aromatic heterocycles. The third-order valence-electron chi connectivity index (χ3n) is 4.17. The summed E-state index contributed by atoms with van der Waals surface area (Å²) in [5.41, 5.74) is 0.409. The van der Waals surface area contributed by atoms with E-state index < -0.39 is 0 Å². The zero-order valence-electron chi connectivity index (χ0n) is 11.4. The minimum atomic E-state index is -0.198. The molecular formula is C14H21ClN2O. The molecule has 0 unspecified atom stereocenters. The van der Waals surface area contributed by atoms with Gasteiger partial charge in [-0.15, -0.1) is 0 Å². The van der Waals surface area contributed by atoms with Crippen LogP contribution in [0.25, 0.3) is 0 Å². The van der Waals surface area contributed by atoms with Crippen molar-refractivity contribution in [3.05, 3.63) is 16.9 Å². The van der Waals surface area contributed by atoms with Gasteiger partial charge in [-0.3, -0.25) is 9.48 Å². The van der Waals surface area contributed by atoms with E-state index in [1.54, 1.807) is 10.9 Å². The molecule has 0 bridgehead atoms. The standard InChI is InChI=1S/C14H21ClN2O/c1-4-14(7-5-6-8-14)13(18)12-11(15)9-16-17(12)10(2)3/h9-10H,4-8H2,1-3H3. The van der Waals surface area contributed by atoms with Crippen LogP contribution in [-0.2, 0) is 0 Å². The number of hydrogen-bond donors (Lipinski definition) is 0. The lowest BCUT2D eigenvalue weighted by Crippen LogP contribution is -2.30. The molecule has 1 aliphatic carbocycles. The molecular weight excluding hydrogens is 248 g/mol. The molecule has 100 valence electrons. The molecule has 4 heteroatoms. The predicted octanol–water partition coefficient (Wildman–Crippen LogP) is 4.27. The lowest BCUT2D eigenvalue weighted by molar-refractivity contribution is 0.0777. The fourth-order valence-electron chi connectivity index (χ4n) is 2.99. The van der Waals surface area contributed by atoms with Crippen LogP contribution in [0.3, 0.4) is 0 Å². The summed E-state index contributed by atoms with van der Waals surface area (Å²) in [6.45, 7) is 6.15. The van der Waals surface area contributed by atoms with Crippen molar-refractivity contribution < 1.29 is 4.79 Å². The van der Waals surface area contributed by atoms with E-state index in [1.165, 1.54) is 0 Å². The number of rotatable bonds is 4. The van der Waals surface area contributed by atoms with Gasteiger partial charge in [0.05, 0.1) is 11.2 Å². The molecule has 0 aromatic carbocycles. The van der Waals surface area contributed by atoms with Crippen LogP contribution in [0.4, 0.5) is 0 Å². The Balaban J connectivity index is 2.42. The SMILES string of the molecule is CCC1(C(=O)c2c(Cl)cnn2C(C)C)CCCC1. The van der Waals surface area contributed by atoms with Crippen LogP contribution in [0.5, 0.6) is 0 Å². The van der Waals surface area contributed by atoms with Gasteiger partial charge in [0.25, 0.3) is 0 Å². The van der Waals surface area contributed by atoms with Crippen molar-refractivity contribution in [3.63, 3.8) is 0 Å². The van der Waals surface area contributed by atoms with Gasteiger partial charge < -0.3 is 0 Å². The van der Waals surface area contributed by atoms with E-state index in [4.69, 9.17) is 11.6 Å². The van der Waals surface area contributed by atoms with Crippen molar-refractivity contribution in [1.82, 2.24) is 9.78 Å². The summed E-state index contributed by atoms with van der Waals surface area (Å²) >= 11 is 6.18. The first-order valence-corrected chi connectivity index (χ1v) is 7.17. The van der Waals surface area contributed by atoms with E-state index in [9.17, 15) is 4.79 Å². The number of nitrogens with zero attached hydrogens (tertiary/aromatic N) is 2. The molecule has 1 heterocycles. The molecule has 1 saturated carbocycles. The number of carbonyl (C=O) groups is 1. The van der Waals surface area contributed by atoms with Gasteiger partial charge in [0.15, 0.2) is 5.78 Å². The maximum absolute atomic E-state index is 12.9. The van der Waals surface area contributed by atoms with Gasteiger partial charge in [-0.25, -0.2) is 0 Å². The number of Topliss-reactive ketones (excluding diaryl/α,β-unsaturated/α-hetero) is 1. The Morgan fingerprint density at radius 2 is 2.11 bits per heavy atom. The summed E-state index contributed by atoms with van der Waals surface area (Å²) in [5.74, 6) is 0.193. The summed E-state index contributed by atoms with van der Waals surface area (Å²) in [5, 5.41) is 4.73. The van der Waals surface area contributed by atoms with Gasteiger partial charge in [0.2, 0.25) is 0 Å². The average molecular weight is 269 g/mol. The third kappa shape index (κ3) is 2.09. The molecule has 18 heavy (non-hydrogen) atoms. The quantitative estimate of drug-likeness (QED) is 0.765. The van der Waals surface area contributed by atoms with E-state index in [1.807, 2.05) is 13.8 Å². The Labute approximate surface area is 114 Å². The first-order chi connectivity index (χ1) is 8.52. The minimum absolute atomic E-state index is 0.159. The summed E-state index contributed by atoms with van der Waals surface area (Å²) in [7, 11) is 0. The third-order valence-corrected chi connectivity index (χ3v) is 4.45. The second-order valence-corrected chi connectivity index (χ2v) is 5.96. The van der Waals surface area contributed by atoms with Crippen LogP contribution in [-0.4, -0.2) is 15.6 Å². The molecule has 2 rings (SSSR count). The Morgan fingerprint density at radius 3 is 2.61 bits per heavy atom. The Bertz CT molecular complexity index is 445. The molecule has 0 radical (unpaired) electrons. The summed E-state index contributed by atoms with van der Waals surface area (Å²) in [4.78, 5) is 12.9. The van der Waals surface area contributed by atoms with Crippen molar-refractivity contribution in [2.45, 2.75) is 58.9 Å². The second kappa shape index (κ2) is 5.04. The van der Waals surface area contributed by atoms with E-state index in [2.05, 4.69) is 12.0 Å². The smallest absolute Gasteiger partial charge is 0.188 e. The van der Waals surface area contributed by atoms with Crippen LogP contribution >= 0.6 is 11.6 Å². The zero-order valence-corrected chi connectivity index (χ0v) is 12.1. The monoisotopic (exact) mass is 268 g/mol. The van der Waals surface area contributed by atoms with Crippen LogP contribution in [0.1, 0.15) is 69.4 Å². The maximum atomic E-state index is 12.9. The molecule has 1 aliphatic rings. The van der Waals surface area contributed by atoms with E-state index in [-0.39, 0.29) is 17.2 Å². The summed E-state index contributed by atoms with van der Waals surface area (Å²) < 4.78 is 1.76. The van der Waals surface area contributed by atoms with Crippen LogP contribution in [0.15, 0.2) is 6.20 Å². The first kappa shape index (κ1) is 13.6. The van der Waals surface area contributed by atoms with Crippen molar-refractivity contribution in [2.24, 2.45) is 5.41 Å². The van der Waals surface area contributed by atoms with Crippen LogP contribution in [0.2, 0.25) is 5.02 Å². The minimum Gasteiger partial charge on any atom is -0.292 e. The normalized spacial score (nSPS) is 18.5. The zero-order chi connectivity index (χ0) is 13.3. The Kier molecular flexibility index (Phi) is 3.81. The van der Waals surface area contributed by atoms with E-state index in [0.29, 0.717) is 10.7 Å². The lowest BCUT2D eigenvalue weighted by Gasteiger charge is -2.26. The van der Waals surface area contributed by atoms with Crippen molar-refractivity contribution >= 4 is 17.4 Å². The lowest BCUT2D eigenvalue weighted by atomic mass is 9.78. The van der Waals surface area contributed by atoms with Gasteiger partial charge in [0, 0.05) is 11.5 Å². The molecule has 0 amide bonds. The van der Waals surface area contributed by atoms with Crippen molar-refractivity contribution in [1.29, 1.82) is 0 Å². The number of carbonyl (C=O) groups excluding carboxylic acids is 1. The largest absolute Gasteiger partial charge is 0.292 e. The molecule has 1 aromatic rings. The summed E-state index contributed by atoms with van der Waals surface area (Å²) in [6, 6.07) is 0.159. The predicted molar refractivity (Wildman–Crippen MR) is 73.1 cm³/mol. The molecule has 0 N–H and O–H groups in total. The van der Waals surface area contributed by atoms with Gasteiger partial charge in [0.1, 0.15) is 5.69 Å². The number of aromatic nitrogens is 2. The Morgan fingerprint density at radius 1 is 1.50 bits per heavy atom. The van der Waals surface area contributed by atoms with Gasteiger partial charge in [-0.2, -0.15) is 5.10 Å². The fourth-order valence-corrected chi connectivity index (χ4v) is 3.21. The topological polar surface area (TPSA) is 34.9 Å². The highest BCUT2D eigenvalue weighted by Gasteiger charge is 2.42. The highest BCUT2D eigenvalue weighted by atomic mass is 35.5. The van der Waals surface area contributed by atoms with Crippen LogP contribution < -0.4 is 0 Å². The highest BCUT2D eigenvalue weighted by Crippen LogP contribution is 2.44. The van der Waals surface area contributed by atoms with Gasteiger partial charge >= 0.3 is 0 Å². The van der Waals surface area contributed by atoms with E-state index in [0.717, 1.165) is 32.1 Å². The molecule has 0 aliphatic heterocycles. The molecule has 3 nitrogen and oxygen atoms in total. The number of halogens is 1. The molecule has 0 spiro atoms. The van der Waals surface area contributed by atoms with E-state index >= 15 is 0 Å². The average Bonchev–Trinajstić information content (AvgIpc) is 2.95. The second-order valence-electron chi connectivity index (χ2n) is 5.55. The van der Waals surface area contributed by atoms with Gasteiger partial charge in [-0.05, 0) is 33.1 Å². The first-order valence-electron chi connectivity index (χ1n) is 6.79. The highest BCUT2D eigenvalue weighted by molar-refractivity contribution is 6.33. The number of hydrogen-bond acceptors (Lipinski definition) is 2. The van der Waals surface area contributed by atoms with Gasteiger partial charge in [-0.1, -0.05) is 31.4 Å². The molecule has 0 saturated heterocycles. The fraction of sp³-hybridized carbons (Fsp3) is 0.714. The van der Waals surface area contributed by atoms with Crippen LogP contribution in [0, 0.1) is 5.41 Å². The maximum Gasteiger partial charge on any atom is 0.188 e. The van der Waals surface area contributed by atoms with Crippen molar-refractivity contribution in [3.8, 4) is 0 Å². The Hall–Kier alpha value is -0.830. The molecule has 1 fully saturated rings. The summed E-state index contributed by atoms with van der Waals surface area (Å²) in [6.07, 6.45) is 6.75. The van der Waals surface area contributed by atoms with Crippen molar-refractivity contribution in [2.75, 3.05) is 0 Å². The molecule has 0 atom stereocenters. The number of ketones is 1.